The molecule has 1 aliphatic heterocycles. The molecule has 0 atom stereocenters. The molecule has 3 aromatic carbocycles. The van der Waals surface area contributed by atoms with Crippen LogP contribution in [0, 0.1) is 9.39 Å². The van der Waals surface area contributed by atoms with Crippen molar-refractivity contribution >= 4 is 51.6 Å². The third-order valence-electron chi connectivity index (χ3n) is 4.94. The van der Waals surface area contributed by atoms with Crippen molar-refractivity contribution in [2.75, 3.05) is 7.11 Å². The molecule has 1 aliphatic rings. The molecule has 0 saturated carbocycles. The molecule has 0 N–H and O–H groups in total. The van der Waals surface area contributed by atoms with E-state index in [9.17, 15) is 14.0 Å². The summed E-state index contributed by atoms with van der Waals surface area (Å²) < 4.78 is 26.3. The summed E-state index contributed by atoms with van der Waals surface area (Å²) in [6.45, 7) is 0.281. The highest BCUT2D eigenvalue weighted by Crippen LogP contribution is 2.38. The number of hydrogen-bond acceptors (Lipinski definition) is 5. The summed E-state index contributed by atoms with van der Waals surface area (Å²) in [4.78, 5) is 26.6. The molecule has 2 amide bonds. The number of halogens is 2. The van der Waals surface area contributed by atoms with Crippen LogP contribution in [0.3, 0.4) is 0 Å². The van der Waals surface area contributed by atoms with Crippen LogP contribution in [-0.4, -0.2) is 23.2 Å². The molecule has 1 saturated heterocycles. The van der Waals surface area contributed by atoms with Gasteiger partial charge in [0.15, 0.2) is 11.5 Å². The number of amides is 2. The predicted molar refractivity (Wildman–Crippen MR) is 134 cm³/mol. The third-order valence-corrected chi connectivity index (χ3v) is 6.64. The van der Waals surface area contributed by atoms with Crippen LogP contribution in [0.25, 0.3) is 6.08 Å². The highest BCUT2D eigenvalue weighted by molar-refractivity contribution is 14.1. The van der Waals surface area contributed by atoms with Gasteiger partial charge in [0.1, 0.15) is 12.4 Å². The number of carbonyl (C=O) groups excluding carboxylic acids is 2. The Labute approximate surface area is 208 Å². The zero-order valence-electron chi connectivity index (χ0n) is 17.6. The summed E-state index contributed by atoms with van der Waals surface area (Å²) in [6.07, 6.45) is 1.64. The van der Waals surface area contributed by atoms with Crippen LogP contribution in [0.4, 0.5) is 9.18 Å². The number of carbonyl (C=O) groups is 2. The first-order valence-electron chi connectivity index (χ1n) is 9.99. The average Bonchev–Trinajstić information content (AvgIpc) is 3.07. The molecule has 1 fully saturated rings. The summed E-state index contributed by atoms with van der Waals surface area (Å²) in [7, 11) is 1.55. The fourth-order valence-electron chi connectivity index (χ4n) is 3.28. The van der Waals surface area contributed by atoms with Crippen molar-refractivity contribution in [2.24, 2.45) is 0 Å². The fourth-order valence-corrected chi connectivity index (χ4v) is 4.90. The Kier molecular flexibility index (Phi) is 7.34. The lowest BCUT2D eigenvalue weighted by Gasteiger charge is -2.14. The Bertz CT molecular complexity index is 1230. The summed E-state index contributed by atoms with van der Waals surface area (Å²) in [5.41, 5.74) is 2.01. The lowest BCUT2D eigenvalue weighted by Crippen LogP contribution is -2.27. The molecular weight excluding hydrogens is 556 g/mol. The van der Waals surface area contributed by atoms with E-state index < -0.39 is 17.0 Å². The number of ether oxygens (including phenoxy) is 2. The predicted octanol–water partition coefficient (Wildman–Crippen LogP) is 6.25. The quantitative estimate of drug-likeness (QED) is 0.246. The largest absolute Gasteiger partial charge is 0.493 e. The number of methoxy groups -OCH3 is 1. The van der Waals surface area contributed by atoms with Crippen LogP contribution in [0.2, 0.25) is 0 Å². The number of benzene rings is 3. The molecule has 4 rings (SSSR count). The molecule has 0 spiro atoms. The van der Waals surface area contributed by atoms with Crippen molar-refractivity contribution in [3.8, 4) is 11.5 Å². The lowest BCUT2D eigenvalue weighted by molar-refractivity contribution is -0.123. The first kappa shape index (κ1) is 23.3. The topological polar surface area (TPSA) is 55.8 Å². The monoisotopic (exact) mass is 575 g/mol. The van der Waals surface area contributed by atoms with E-state index in [0.717, 1.165) is 25.8 Å². The first-order valence-corrected chi connectivity index (χ1v) is 11.9. The molecule has 0 aliphatic carbocycles. The van der Waals surface area contributed by atoms with Gasteiger partial charge in [-0.25, -0.2) is 4.39 Å². The minimum Gasteiger partial charge on any atom is -0.493 e. The van der Waals surface area contributed by atoms with Gasteiger partial charge < -0.3 is 9.47 Å². The van der Waals surface area contributed by atoms with Gasteiger partial charge in [-0.1, -0.05) is 48.5 Å². The normalized spacial score (nSPS) is 14.8. The van der Waals surface area contributed by atoms with Gasteiger partial charge in [-0.15, -0.1) is 0 Å². The maximum absolute atomic E-state index is 14.0. The van der Waals surface area contributed by atoms with Gasteiger partial charge in [0.05, 0.1) is 22.1 Å². The zero-order valence-corrected chi connectivity index (χ0v) is 20.6. The summed E-state index contributed by atoms with van der Waals surface area (Å²) in [5.74, 6) is 0.221. The van der Waals surface area contributed by atoms with Crippen molar-refractivity contribution in [3.63, 3.8) is 0 Å². The maximum Gasteiger partial charge on any atom is 0.293 e. The Hall–Kier alpha value is -2.85. The molecule has 1 heterocycles. The van der Waals surface area contributed by atoms with E-state index >= 15 is 0 Å². The molecule has 8 heteroatoms. The Morgan fingerprint density at radius 3 is 2.52 bits per heavy atom. The van der Waals surface area contributed by atoms with Crippen LogP contribution < -0.4 is 9.47 Å². The van der Waals surface area contributed by atoms with Gasteiger partial charge in [0.2, 0.25) is 0 Å². The average molecular weight is 575 g/mol. The van der Waals surface area contributed by atoms with Crippen molar-refractivity contribution < 1.29 is 23.5 Å². The van der Waals surface area contributed by atoms with Crippen molar-refractivity contribution in [1.29, 1.82) is 0 Å². The van der Waals surface area contributed by atoms with Crippen LogP contribution in [-0.2, 0) is 17.9 Å². The number of imide groups is 1. The fraction of sp³-hybridized carbons (Fsp3) is 0.120. The van der Waals surface area contributed by atoms with E-state index in [4.69, 9.17) is 9.47 Å². The second-order valence-electron chi connectivity index (χ2n) is 7.17. The number of rotatable bonds is 7. The first-order chi connectivity index (χ1) is 16.0. The molecular formula is C25H19FINO4S. The van der Waals surface area contributed by atoms with Crippen LogP contribution in [0.1, 0.15) is 16.7 Å². The van der Waals surface area contributed by atoms with E-state index in [2.05, 4.69) is 22.6 Å². The standard InChI is InChI=1S/C25H19FINO4S/c1-31-21-12-17(11-20(27)23(21)32-15-16-7-3-2-4-8-16)13-22-24(29)28(25(30)33-22)14-18-9-5-6-10-19(18)26/h2-13H,14-15H2,1H3/b22-13+. The molecule has 0 unspecified atom stereocenters. The Balaban J connectivity index is 1.54. The van der Waals surface area contributed by atoms with Crippen molar-refractivity contribution in [3.05, 3.63) is 97.7 Å². The molecule has 3 aromatic rings. The van der Waals surface area contributed by atoms with E-state index in [1.165, 1.54) is 6.07 Å². The second-order valence-corrected chi connectivity index (χ2v) is 9.32. The highest BCUT2D eigenvalue weighted by Gasteiger charge is 2.35. The van der Waals surface area contributed by atoms with Gasteiger partial charge in [-0.3, -0.25) is 14.5 Å². The maximum atomic E-state index is 14.0. The Morgan fingerprint density at radius 1 is 1.06 bits per heavy atom. The minimum atomic E-state index is -0.453. The third kappa shape index (κ3) is 5.39. The van der Waals surface area contributed by atoms with Crippen LogP contribution in [0.5, 0.6) is 11.5 Å². The number of nitrogens with zero attached hydrogens (tertiary/aromatic N) is 1. The summed E-state index contributed by atoms with van der Waals surface area (Å²) in [6, 6.07) is 19.5. The van der Waals surface area contributed by atoms with E-state index in [1.54, 1.807) is 37.5 Å². The van der Waals surface area contributed by atoms with Crippen molar-refractivity contribution in [1.82, 2.24) is 4.90 Å². The molecule has 168 valence electrons. The zero-order chi connectivity index (χ0) is 23.4. The molecule has 0 bridgehead atoms. The SMILES string of the molecule is COc1cc(/C=C2/SC(=O)N(Cc3ccccc3F)C2=O)cc(I)c1OCc1ccccc1. The van der Waals surface area contributed by atoms with Crippen LogP contribution in [0.15, 0.2) is 71.6 Å². The minimum absolute atomic E-state index is 0.109. The number of thioether (sulfide) groups is 1. The number of hydrogen-bond donors (Lipinski definition) is 0. The summed E-state index contributed by atoms with van der Waals surface area (Å²) >= 11 is 2.99. The molecule has 5 nitrogen and oxygen atoms in total. The van der Waals surface area contributed by atoms with E-state index in [-0.39, 0.29) is 17.0 Å². The molecule has 33 heavy (non-hydrogen) atoms. The smallest absolute Gasteiger partial charge is 0.293 e. The Morgan fingerprint density at radius 2 is 1.79 bits per heavy atom. The summed E-state index contributed by atoms with van der Waals surface area (Å²) in [5, 5.41) is -0.432. The van der Waals surface area contributed by atoms with Gasteiger partial charge >= 0.3 is 0 Å². The van der Waals surface area contributed by atoms with Gasteiger partial charge in [-0.05, 0) is 69.8 Å². The van der Waals surface area contributed by atoms with E-state index in [1.807, 2.05) is 36.4 Å². The van der Waals surface area contributed by atoms with Gasteiger partial charge in [-0.2, -0.15) is 0 Å². The molecule has 0 radical (unpaired) electrons. The van der Waals surface area contributed by atoms with Gasteiger partial charge in [0.25, 0.3) is 11.1 Å². The van der Waals surface area contributed by atoms with Crippen LogP contribution >= 0.6 is 34.4 Å². The second kappa shape index (κ2) is 10.4. The van der Waals surface area contributed by atoms with Crippen molar-refractivity contribution in [2.45, 2.75) is 13.2 Å². The van der Waals surface area contributed by atoms with E-state index in [0.29, 0.717) is 23.7 Å². The molecule has 0 aromatic heterocycles. The van der Waals surface area contributed by atoms with Gasteiger partial charge in [0, 0.05) is 5.56 Å². The lowest BCUT2D eigenvalue weighted by atomic mass is 10.1. The highest BCUT2D eigenvalue weighted by atomic mass is 127.